The molecule has 0 radical (unpaired) electrons. The average Bonchev–Trinajstić information content (AvgIpc) is 3.57. The molecular weight excluding hydrogens is 516 g/mol. The molecule has 6 nitrogen and oxygen atoms in total. The van der Waals surface area contributed by atoms with E-state index in [1.54, 1.807) is 0 Å². The Hall–Kier alpha value is -6.24. The highest BCUT2D eigenvalue weighted by molar-refractivity contribution is 6.10. The highest BCUT2D eigenvalue weighted by Crippen LogP contribution is 2.36. The molecule has 0 fully saturated rings. The molecule has 0 atom stereocenters. The third kappa shape index (κ3) is 3.50. The van der Waals surface area contributed by atoms with E-state index in [-0.39, 0.29) is 0 Å². The fourth-order valence-electron chi connectivity index (χ4n) is 5.95. The Morgan fingerprint density at radius 2 is 0.905 bits per heavy atom. The summed E-state index contributed by atoms with van der Waals surface area (Å²) >= 11 is 0. The Morgan fingerprint density at radius 1 is 0.452 bits per heavy atom. The quantitative estimate of drug-likeness (QED) is 0.228. The number of benzene rings is 5. The SMILES string of the molecule is N#Cc1ccc2c(c1)c1ccccc1n2-c1cc(-n2c3ccccc3c3cc(C#N)ccc32)nc(-c2ccccc2)n1. The van der Waals surface area contributed by atoms with Crippen molar-refractivity contribution >= 4 is 43.6 Å². The van der Waals surface area contributed by atoms with Gasteiger partial charge in [0.2, 0.25) is 0 Å². The van der Waals surface area contributed by atoms with Gasteiger partial charge >= 0.3 is 0 Å². The number of aromatic nitrogens is 4. The summed E-state index contributed by atoms with van der Waals surface area (Å²) in [7, 11) is 0. The molecule has 0 aliphatic rings. The second-order valence-corrected chi connectivity index (χ2v) is 10.2. The molecule has 0 saturated carbocycles. The number of nitriles is 2. The first-order valence-electron chi connectivity index (χ1n) is 13.6. The van der Waals surface area contributed by atoms with E-state index in [4.69, 9.17) is 9.97 Å². The average molecular weight is 537 g/mol. The van der Waals surface area contributed by atoms with E-state index < -0.39 is 0 Å². The molecule has 194 valence electrons. The number of rotatable bonds is 3. The van der Waals surface area contributed by atoms with Crippen LogP contribution in [0, 0.1) is 22.7 Å². The zero-order valence-corrected chi connectivity index (χ0v) is 22.2. The van der Waals surface area contributed by atoms with Crippen molar-refractivity contribution in [3.63, 3.8) is 0 Å². The zero-order valence-electron chi connectivity index (χ0n) is 22.2. The standard InChI is InChI=1S/C36H20N6/c37-21-23-14-16-32-28(18-23)26-10-4-6-12-30(26)41(32)34-20-35(40-36(39-34)25-8-2-1-3-9-25)42-31-13-7-5-11-27(31)29-19-24(22-38)15-17-33(29)42/h1-20H. The fourth-order valence-corrected chi connectivity index (χ4v) is 5.95. The van der Waals surface area contributed by atoms with Gasteiger partial charge in [-0.3, -0.25) is 9.13 Å². The molecule has 0 unspecified atom stereocenters. The minimum atomic E-state index is 0.599. The Bertz CT molecular complexity index is 2280. The third-order valence-electron chi connectivity index (χ3n) is 7.79. The second-order valence-electron chi connectivity index (χ2n) is 10.2. The van der Waals surface area contributed by atoms with Crippen molar-refractivity contribution in [3.05, 3.63) is 132 Å². The Morgan fingerprint density at radius 3 is 1.40 bits per heavy atom. The van der Waals surface area contributed by atoms with Crippen LogP contribution in [0.2, 0.25) is 0 Å². The van der Waals surface area contributed by atoms with E-state index in [0.29, 0.717) is 28.6 Å². The van der Waals surface area contributed by atoms with Gasteiger partial charge in [-0.25, -0.2) is 9.97 Å². The van der Waals surface area contributed by atoms with Crippen LogP contribution in [0.5, 0.6) is 0 Å². The summed E-state index contributed by atoms with van der Waals surface area (Å²) in [6.07, 6.45) is 0. The lowest BCUT2D eigenvalue weighted by molar-refractivity contribution is 0.994. The summed E-state index contributed by atoms with van der Waals surface area (Å²) in [5, 5.41) is 23.3. The van der Waals surface area contributed by atoms with Crippen LogP contribution in [-0.4, -0.2) is 19.1 Å². The first kappa shape index (κ1) is 23.6. The van der Waals surface area contributed by atoms with Crippen molar-refractivity contribution in [2.45, 2.75) is 0 Å². The highest BCUT2D eigenvalue weighted by Gasteiger charge is 2.19. The predicted molar refractivity (Wildman–Crippen MR) is 166 cm³/mol. The van der Waals surface area contributed by atoms with E-state index in [1.807, 2.05) is 97.1 Å². The molecule has 0 amide bonds. The summed E-state index contributed by atoms with van der Waals surface area (Å²) < 4.78 is 4.29. The van der Waals surface area contributed by atoms with Crippen LogP contribution < -0.4 is 0 Å². The van der Waals surface area contributed by atoms with Crippen LogP contribution in [0.1, 0.15) is 11.1 Å². The van der Waals surface area contributed by atoms with Crippen molar-refractivity contribution in [2.75, 3.05) is 0 Å². The molecule has 0 N–H and O–H groups in total. The van der Waals surface area contributed by atoms with Crippen LogP contribution in [-0.2, 0) is 0 Å². The van der Waals surface area contributed by atoms with Crippen LogP contribution in [0.3, 0.4) is 0 Å². The van der Waals surface area contributed by atoms with Gasteiger partial charge in [-0.1, -0.05) is 66.7 Å². The van der Waals surface area contributed by atoms with Gasteiger partial charge in [0.15, 0.2) is 5.82 Å². The van der Waals surface area contributed by atoms with Gasteiger partial charge in [0.25, 0.3) is 0 Å². The maximum Gasteiger partial charge on any atom is 0.163 e. The molecule has 8 rings (SSSR count). The van der Waals surface area contributed by atoms with E-state index in [2.05, 4.69) is 45.5 Å². The smallest absolute Gasteiger partial charge is 0.163 e. The lowest BCUT2D eigenvalue weighted by Crippen LogP contribution is -2.06. The van der Waals surface area contributed by atoms with Crippen LogP contribution in [0.25, 0.3) is 66.6 Å². The van der Waals surface area contributed by atoms with Gasteiger partial charge in [0.05, 0.1) is 45.3 Å². The van der Waals surface area contributed by atoms with Gasteiger partial charge in [0, 0.05) is 33.2 Å². The molecule has 8 aromatic rings. The molecule has 6 heteroatoms. The molecule has 42 heavy (non-hydrogen) atoms. The number of hydrogen-bond acceptors (Lipinski definition) is 4. The minimum Gasteiger partial charge on any atom is -0.294 e. The summed E-state index contributed by atoms with van der Waals surface area (Å²) in [6, 6.07) is 44.5. The summed E-state index contributed by atoms with van der Waals surface area (Å²) in [4.78, 5) is 10.2. The summed E-state index contributed by atoms with van der Waals surface area (Å²) in [6.45, 7) is 0. The Kier molecular flexibility index (Phi) is 5.15. The van der Waals surface area contributed by atoms with E-state index in [9.17, 15) is 10.5 Å². The number of hydrogen-bond donors (Lipinski definition) is 0. The molecule has 0 saturated heterocycles. The largest absolute Gasteiger partial charge is 0.294 e. The maximum absolute atomic E-state index is 9.61. The molecule has 0 aliphatic heterocycles. The number of para-hydroxylation sites is 2. The Labute approximate surface area is 240 Å². The first-order valence-corrected chi connectivity index (χ1v) is 13.6. The zero-order chi connectivity index (χ0) is 28.2. The summed E-state index contributed by atoms with van der Waals surface area (Å²) in [5.41, 5.74) is 6.03. The number of fused-ring (bicyclic) bond motifs is 6. The van der Waals surface area contributed by atoms with Gasteiger partial charge in [-0.15, -0.1) is 0 Å². The molecule has 5 aromatic carbocycles. The molecule has 0 bridgehead atoms. The van der Waals surface area contributed by atoms with Crippen LogP contribution >= 0.6 is 0 Å². The van der Waals surface area contributed by atoms with Gasteiger partial charge in [-0.05, 0) is 48.5 Å². The van der Waals surface area contributed by atoms with E-state index in [1.165, 1.54) is 0 Å². The van der Waals surface area contributed by atoms with Crippen molar-refractivity contribution < 1.29 is 0 Å². The van der Waals surface area contributed by atoms with Crippen LogP contribution in [0.4, 0.5) is 0 Å². The molecule has 3 aromatic heterocycles. The van der Waals surface area contributed by atoms with E-state index in [0.717, 1.165) is 49.2 Å². The molecule has 0 spiro atoms. The Balaban J connectivity index is 1.50. The molecular formula is C36H20N6. The lowest BCUT2D eigenvalue weighted by Gasteiger charge is -2.14. The van der Waals surface area contributed by atoms with Crippen molar-refractivity contribution in [3.8, 4) is 35.2 Å². The topological polar surface area (TPSA) is 83.2 Å². The second kappa shape index (κ2) is 9.16. The third-order valence-corrected chi connectivity index (χ3v) is 7.79. The normalized spacial score (nSPS) is 11.3. The molecule has 0 aliphatic carbocycles. The lowest BCUT2D eigenvalue weighted by atomic mass is 10.1. The minimum absolute atomic E-state index is 0.599. The number of nitrogens with zero attached hydrogens (tertiary/aromatic N) is 6. The fraction of sp³-hybridized carbons (Fsp3) is 0. The monoisotopic (exact) mass is 536 g/mol. The first-order chi connectivity index (χ1) is 20.7. The molecule has 3 heterocycles. The van der Waals surface area contributed by atoms with Crippen molar-refractivity contribution in [1.29, 1.82) is 10.5 Å². The van der Waals surface area contributed by atoms with Gasteiger partial charge in [-0.2, -0.15) is 10.5 Å². The highest BCUT2D eigenvalue weighted by atomic mass is 15.1. The maximum atomic E-state index is 9.61. The van der Waals surface area contributed by atoms with Gasteiger partial charge < -0.3 is 0 Å². The van der Waals surface area contributed by atoms with Crippen molar-refractivity contribution in [1.82, 2.24) is 19.1 Å². The van der Waals surface area contributed by atoms with Gasteiger partial charge in [0.1, 0.15) is 11.6 Å². The predicted octanol–water partition coefficient (Wildman–Crippen LogP) is 8.08. The van der Waals surface area contributed by atoms with Crippen molar-refractivity contribution in [2.24, 2.45) is 0 Å². The summed E-state index contributed by atoms with van der Waals surface area (Å²) in [5.74, 6) is 2.03. The van der Waals surface area contributed by atoms with Crippen LogP contribution in [0.15, 0.2) is 121 Å². The van der Waals surface area contributed by atoms with E-state index >= 15 is 0 Å².